The Labute approximate surface area is 133 Å². The van der Waals surface area contributed by atoms with Gasteiger partial charge in [-0.1, -0.05) is 0 Å². The predicted octanol–water partition coefficient (Wildman–Crippen LogP) is 0.0876. The molecule has 0 spiro atoms. The summed E-state index contributed by atoms with van der Waals surface area (Å²) < 4.78 is 1.56. The van der Waals surface area contributed by atoms with Crippen molar-refractivity contribution in [3.8, 4) is 0 Å². The number of hydrogen-bond donors (Lipinski definition) is 1. The quantitative estimate of drug-likeness (QED) is 0.866. The van der Waals surface area contributed by atoms with E-state index in [1.807, 2.05) is 0 Å². The minimum Gasteiger partial charge on any atom is -0.357 e. The monoisotopic (exact) mass is 314 g/mol. The molecule has 2 amide bonds. The number of likely N-dealkylation sites (N-methyl/N-ethyl adjacent to an activating group) is 1. The molecule has 1 saturated heterocycles. The molecule has 0 radical (unpaired) electrons. The second-order valence-corrected chi connectivity index (χ2v) is 5.47. The topological polar surface area (TPSA) is 93.0 Å². The molecule has 8 nitrogen and oxygen atoms in total. The molecule has 8 heteroatoms. The number of aromatic nitrogens is 4. The zero-order valence-electron chi connectivity index (χ0n) is 13.1. The molecule has 1 atom stereocenters. The Morgan fingerprint density at radius 1 is 1.35 bits per heavy atom. The number of hydrogen-bond acceptors (Lipinski definition) is 5. The summed E-state index contributed by atoms with van der Waals surface area (Å²) in [6, 6.07) is 1.64. The summed E-state index contributed by atoms with van der Waals surface area (Å²) in [5.74, 6) is -0.544. The fraction of sp³-hybridized carbons (Fsp3) is 0.400. The fourth-order valence-corrected chi connectivity index (χ4v) is 3.10. The Bertz CT molecular complexity index is 729. The van der Waals surface area contributed by atoms with Gasteiger partial charge in [0.2, 0.25) is 0 Å². The third kappa shape index (κ3) is 2.36. The lowest BCUT2D eigenvalue weighted by Gasteiger charge is -2.35. The predicted molar refractivity (Wildman–Crippen MR) is 81.3 cm³/mol. The van der Waals surface area contributed by atoms with Gasteiger partial charge in [-0.15, -0.1) is 0 Å². The van der Waals surface area contributed by atoms with Gasteiger partial charge in [0, 0.05) is 39.2 Å². The van der Waals surface area contributed by atoms with Gasteiger partial charge in [0.15, 0.2) is 5.54 Å². The number of nitrogens with zero attached hydrogens (tertiary/aromatic N) is 5. The van der Waals surface area contributed by atoms with Crippen LogP contribution in [0.4, 0.5) is 0 Å². The van der Waals surface area contributed by atoms with Crippen LogP contribution in [0, 0.1) is 0 Å². The normalized spacial score (nSPS) is 20.5. The van der Waals surface area contributed by atoms with Crippen LogP contribution in [0.2, 0.25) is 0 Å². The molecule has 1 unspecified atom stereocenters. The van der Waals surface area contributed by atoms with Gasteiger partial charge in [0.25, 0.3) is 11.8 Å². The number of nitrogens with one attached hydrogen (secondary N) is 1. The Balaban J connectivity index is 2.07. The van der Waals surface area contributed by atoms with E-state index in [4.69, 9.17) is 0 Å². The van der Waals surface area contributed by atoms with Crippen molar-refractivity contribution in [1.82, 2.24) is 30.0 Å². The number of likely N-dealkylation sites (tertiary alicyclic amines) is 1. The van der Waals surface area contributed by atoms with E-state index in [-0.39, 0.29) is 11.8 Å². The lowest BCUT2D eigenvalue weighted by Crippen LogP contribution is -2.55. The highest BCUT2D eigenvalue weighted by atomic mass is 16.2. The van der Waals surface area contributed by atoms with E-state index in [0.717, 1.165) is 0 Å². The maximum absolute atomic E-state index is 12.9. The lowest BCUT2D eigenvalue weighted by molar-refractivity contribution is -0.131. The molecule has 0 aromatic carbocycles. The summed E-state index contributed by atoms with van der Waals surface area (Å²) in [5, 5.41) is 6.82. The molecule has 0 saturated carbocycles. The molecule has 3 rings (SSSR count). The zero-order chi connectivity index (χ0) is 16.4. The van der Waals surface area contributed by atoms with E-state index in [9.17, 15) is 9.59 Å². The first kappa shape index (κ1) is 15.1. The van der Waals surface area contributed by atoms with Crippen LogP contribution in [0.15, 0.2) is 30.9 Å². The third-order valence-electron chi connectivity index (χ3n) is 4.15. The van der Waals surface area contributed by atoms with E-state index >= 15 is 0 Å². The highest BCUT2D eigenvalue weighted by Gasteiger charge is 2.52. The van der Waals surface area contributed by atoms with Crippen LogP contribution in [-0.4, -0.2) is 50.1 Å². The van der Waals surface area contributed by atoms with Gasteiger partial charge in [-0.3, -0.25) is 24.2 Å². The largest absolute Gasteiger partial charge is 0.357 e. The average Bonchev–Trinajstić information content (AvgIpc) is 3.21. The first-order valence-corrected chi connectivity index (χ1v) is 7.40. The SMILES string of the molecule is CNC(=O)C1(c2cnccn2)CCCN1C(=O)c1ccn(C)n1. The molecule has 1 aliphatic heterocycles. The van der Waals surface area contributed by atoms with Crippen molar-refractivity contribution in [2.24, 2.45) is 7.05 Å². The summed E-state index contributed by atoms with van der Waals surface area (Å²) >= 11 is 0. The molecule has 3 heterocycles. The Morgan fingerprint density at radius 3 is 2.78 bits per heavy atom. The van der Waals surface area contributed by atoms with Gasteiger partial charge >= 0.3 is 0 Å². The second-order valence-electron chi connectivity index (χ2n) is 5.47. The molecule has 2 aromatic heterocycles. The van der Waals surface area contributed by atoms with E-state index in [2.05, 4.69) is 20.4 Å². The number of aryl methyl sites for hydroxylation is 1. The van der Waals surface area contributed by atoms with Crippen LogP contribution in [0.3, 0.4) is 0 Å². The first-order chi connectivity index (χ1) is 11.1. The summed E-state index contributed by atoms with van der Waals surface area (Å²) in [4.78, 5) is 35.5. The number of rotatable bonds is 3. The maximum Gasteiger partial charge on any atom is 0.275 e. The van der Waals surface area contributed by atoms with Crippen LogP contribution in [0.1, 0.15) is 29.0 Å². The van der Waals surface area contributed by atoms with Crippen LogP contribution < -0.4 is 5.32 Å². The van der Waals surface area contributed by atoms with Gasteiger partial charge in [0.05, 0.1) is 11.9 Å². The van der Waals surface area contributed by atoms with Crippen molar-refractivity contribution in [3.05, 3.63) is 42.2 Å². The molecule has 1 aliphatic rings. The Hall–Kier alpha value is -2.77. The van der Waals surface area contributed by atoms with Gasteiger partial charge in [0.1, 0.15) is 5.69 Å². The average molecular weight is 314 g/mol. The molecule has 23 heavy (non-hydrogen) atoms. The van der Waals surface area contributed by atoms with Crippen LogP contribution >= 0.6 is 0 Å². The van der Waals surface area contributed by atoms with Crippen molar-refractivity contribution >= 4 is 11.8 Å². The number of carbonyl (C=O) groups is 2. The van der Waals surface area contributed by atoms with E-state index < -0.39 is 5.54 Å². The van der Waals surface area contributed by atoms with E-state index in [1.54, 1.807) is 48.3 Å². The van der Waals surface area contributed by atoms with Crippen molar-refractivity contribution in [1.29, 1.82) is 0 Å². The maximum atomic E-state index is 12.9. The highest BCUT2D eigenvalue weighted by Crippen LogP contribution is 2.38. The zero-order valence-corrected chi connectivity index (χ0v) is 13.1. The first-order valence-electron chi connectivity index (χ1n) is 7.40. The summed E-state index contributed by atoms with van der Waals surface area (Å²) in [6.45, 7) is 0.472. The third-order valence-corrected chi connectivity index (χ3v) is 4.15. The summed E-state index contributed by atoms with van der Waals surface area (Å²) in [7, 11) is 3.30. The van der Waals surface area contributed by atoms with E-state index in [0.29, 0.717) is 30.8 Å². The number of amides is 2. The molecule has 2 aromatic rings. The van der Waals surface area contributed by atoms with Gasteiger partial charge in [-0.2, -0.15) is 5.10 Å². The highest BCUT2D eigenvalue weighted by molar-refractivity contribution is 5.98. The lowest BCUT2D eigenvalue weighted by atomic mass is 9.90. The summed E-state index contributed by atoms with van der Waals surface area (Å²) in [5.41, 5.74) is -0.356. The van der Waals surface area contributed by atoms with Gasteiger partial charge < -0.3 is 10.2 Å². The molecular weight excluding hydrogens is 296 g/mol. The van der Waals surface area contributed by atoms with Crippen molar-refractivity contribution in [3.63, 3.8) is 0 Å². The minimum absolute atomic E-state index is 0.264. The van der Waals surface area contributed by atoms with Crippen molar-refractivity contribution < 1.29 is 9.59 Å². The summed E-state index contributed by atoms with van der Waals surface area (Å²) in [6.07, 6.45) is 7.53. The van der Waals surface area contributed by atoms with Gasteiger partial charge in [-0.25, -0.2) is 0 Å². The second kappa shape index (κ2) is 5.79. The molecule has 120 valence electrons. The Kier molecular flexibility index (Phi) is 3.81. The molecule has 1 N–H and O–H groups in total. The van der Waals surface area contributed by atoms with Crippen LogP contribution in [0.5, 0.6) is 0 Å². The fourth-order valence-electron chi connectivity index (χ4n) is 3.10. The van der Waals surface area contributed by atoms with E-state index in [1.165, 1.54) is 6.20 Å². The smallest absolute Gasteiger partial charge is 0.275 e. The molecule has 1 fully saturated rings. The molecular formula is C15H18N6O2. The van der Waals surface area contributed by atoms with Crippen molar-refractivity contribution in [2.75, 3.05) is 13.6 Å². The van der Waals surface area contributed by atoms with Crippen LogP contribution in [0.25, 0.3) is 0 Å². The van der Waals surface area contributed by atoms with Crippen LogP contribution in [-0.2, 0) is 17.4 Å². The standard InChI is InChI=1S/C15H18N6O2/c1-16-14(23)15(12-10-17-6-7-18-12)5-3-8-21(15)13(22)11-4-9-20(2)19-11/h4,6-7,9-10H,3,5,8H2,1-2H3,(H,16,23). The molecule has 0 bridgehead atoms. The molecule has 0 aliphatic carbocycles. The van der Waals surface area contributed by atoms with Crippen molar-refractivity contribution in [2.45, 2.75) is 18.4 Å². The minimum atomic E-state index is -1.14. The van der Waals surface area contributed by atoms with Gasteiger partial charge in [-0.05, 0) is 18.9 Å². The number of carbonyl (C=O) groups excluding carboxylic acids is 2. The Morgan fingerprint density at radius 2 is 2.17 bits per heavy atom.